The number of carbonyl (C=O) groups is 1. The molecule has 94 valence electrons. The van der Waals surface area contributed by atoms with Crippen LogP contribution in [0.4, 0.5) is 0 Å². The summed E-state index contributed by atoms with van der Waals surface area (Å²) in [4.78, 5) is 11.8. The summed E-state index contributed by atoms with van der Waals surface area (Å²) in [6, 6.07) is 0.222. The van der Waals surface area contributed by atoms with Gasteiger partial charge in [0.15, 0.2) is 0 Å². The van der Waals surface area contributed by atoms with Gasteiger partial charge in [-0.1, -0.05) is 13.8 Å². The van der Waals surface area contributed by atoms with Gasteiger partial charge in [0.2, 0.25) is 5.91 Å². The number of hydrogen-bond acceptors (Lipinski definition) is 3. The second-order valence-electron chi connectivity index (χ2n) is 5.30. The van der Waals surface area contributed by atoms with E-state index in [1.54, 1.807) is 18.9 Å². The highest BCUT2D eigenvalue weighted by Gasteiger charge is 2.58. The van der Waals surface area contributed by atoms with E-state index in [2.05, 4.69) is 26.1 Å². The molecule has 1 amide bonds. The molecule has 1 aliphatic rings. The lowest BCUT2D eigenvalue weighted by atomic mass is 9.56. The number of hydrogen-bond donors (Lipinski definition) is 1. The molecule has 1 aliphatic carbocycles. The minimum Gasteiger partial charge on any atom is -0.378 e. The second kappa shape index (κ2) is 4.57. The Morgan fingerprint density at radius 2 is 2.06 bits per heavy atom. The average Bonchev–Trinajstić information content (AvgIpc) is 2.26. The molecule has 0 saturated heterocycles. The normalized spacial score (nSPS) is 34.0. The lowest BCUT2D eigenvalue weighted by Crippen LogP contribution is -2.69. The second-order valence-corrected chi connectivity index (χ2v) is 6.48. The predicted molar refractivity (Wildman–Crippen MR) is 68.7 cm³/mol. The summed E-state index contributed by atoms with van der Waals surface area (Å²) in [5.41, 5.74) is -0.122. The van der Waals surface area contributed by atoms with Gasteiger partial charge in [-0.05, 0) is 26.5 Å². The molecule has 0 radical (unpaired) electrons. The van der Waals surface area contributed by atoms with Crippen molar-refractivity contribution >= 4 is 17.7 Å². The maximum atomic E-state index is 11.8. The summed E-state index contributed by atoms with van der Waals surface area (Å²) in [5, 5.41) is 3.13. The highest BCUT2D eigenvalue weighted by molar-refractivity contribution is 7.99. The van der Waals surface area contributed by atoms with Crippen LogP contribution < -0.4 is 5.32 Å². The first-order chi connectivity index (χ1) is 7.28. The molecule has 1 N–H and O–H groups in total. The lowest BCUT2D eigenvalue weighted by molar-refractivity contribution is -0.182. The number of thioether (sulfide) groups is 1. The zero-order chi connectivity index (χ0) is 12.6. The van der Waals surface area contributed by atoms with E-state index in [-0.39, 0.29) is 28.2 Å². The third-order valence-electron chi connectivity index (χ3n) is 4.32. The number of ether oxygens (including phenoxy) is 1. The van der Waals surface area contributed by atoms with Crippen LogP contribution >= 0.6 is 11.8 Å². The molecule has 0 aliphatic heterocycles. The fourth-order valence-electron chi connectivity index (χ4n) is 2.12. The van der Waals surface area contributed by atoms with E-state index in [9.17, 15) is 4.79 Å². The first-order valence-corrected chi connectivity index (χ1v) is 6.95. The molecule has 0 spiro atoms. The van der Waals surface area contributed by atoms with E-state index < -0.39 is 0 Å². The van der Waals surface area contributed by atoms with Gasteiger partial charge in [0.1, 0.15) is 0 Å². The van der Waals surface area contributed by atoms with Crippen LogP contribution in [-0.2, 0) is 9.53 Å². The highest BCUT2D eigenvalue weighted by Crippen LogP contribution is 2.51. The Kier molecular flexibility index (Phi) is 3.95. The fraction of sp³-hybridized carbons (Fsp3) is 0.917. The molecule has 0 aromatic heterocycles. The maximum absolute atomic E-state index is 11.8. The molecular weight excluding hydrogens is 222 g/mol. The van der Waals surface area contributed by atoms with E-state index in [1.165, 1.54) is 0 Å². The largest absolute Gasteiger partial charge is 0.378 e. The summed E-state index contributed by atoms with van der Waals surface area (Å²) in [5.74, 6) is 0.128. The molecule has 4 heteroatoms. The van der Waals surface area contributed by atoms with Crippen molar-refractivity contribution < 1.29 is 9.53 Å². The molecular formula is C12H23NO2S. The fourth-order valence-corrected chi connectivity index (χ4v) is 2.40. The Balaban J connectivity index is 2.58. The quantitative estimate of drug-likeness (QED) is 0.824. The summed E-state index contributed by atoms with van der Waals surface area (Å²) < 4.78 is 5.53. The van der Waals surface area contributed by atoms with E-state index in [0.29, 0.717) is 0 Å². The monoisotopic (exact) mass is 245 g/mol. The Morgan fingerprint density at radius 3 is 2.44 bits per heavy atom. The zero-order valence-electron chi connectivity index (χ0n) is 11.1. The number of amides is 1. The van der Waals surface area contributed by atoms with Crippen LogP contribution in [0.1, 0.15) is 34.1 Å². The molecule has 0 aromatic rings. The lowest BCUT2D eigenvalue weighted by Gasteiger charge is -2.59. The van der Waals surface area contributed by atoms with Crippen LogP contribution in [0.25, 0.3) is 0 Å². The molecule has 1 saturated carbocycles. The van der Waals surface area contributed by atoms with Gasteiger partial charge in [0.05, 0.1) is 10.9 Å². The first-order valence-electron chi connectivity index (χ1n) is 5.67. The molecule has 1 fully saturated rings. The van der Waals surface area contributed by atoms with Gasteiger partial charge in [0.25, 0.3) is 0 Å². The van der Waals surface area contributed by atoms with Crippen molar-refractivity contribution in [2.75, 3.05) is 13.4 Å². The third-order valence-corrected chi connectivity index (χ3v) is 5.24. The maximum Gasteiger partial charge on any atom is 0.233 e. The van der Waals surface area contributed by atoms with Gasteiger partial charge in [-0.15, -0.1) is 0 Å². The molecule has 0 bridgehead atoms. The van der Waals surface area contributed by atoms with Gasteiger partial charge in [-0.3, -0.25) is 4.79 Å². The Bertz CT molecular complexity index is 280. The minimum atomic E-state index is -0.118. The van der Waals surface area contributed by atoms with Crippen LogP contribution in [0.5, 0.6) is 0 Å². The van der Waals surface area contributed by atoms with Crippen molar-refractivity contribution in [3.05, 3.63) is 0 Å². The van der Waals surface area contributed by atoms with Gasteiger partial charge < -0.3 is 10.1 Å². The smallest absolute Gasteiger partial charge is 0.233 e. The van der Waals surface area contributed by atoms with Gasteiger partial charge in [-0.2, -0.15) is 11.8 Å². The van der Waals surface area contributed by atoms with Gasteiger partial charge >= 0.3 is 0 Å². The van der Waals surface area contributed by atoms with E-state index >= 15 is 0 Å². The first kappa shape index (κ1) is 13.8. The number of carbonyl (C=O) groups excluding carboxylic acids is 1. The zero-order valence-corrected chi connectivity index (χ0v) is 11.9. The standard InChI is InChI=1S/C12H23NO2S/c1-8(16-6)10(14)13-9-7-12(4,15-5)11(9,2)3/h8-9H,7H2,1-6H3,(H,13,14)/t8-,9+,12+/m0/s1. The SMILES string of the molecule is CO[C@]1(C)C[C@@H](NC(=O)[C@H](C)SC)C1(C)C. The van der Waals surface area contributed by atoms with Crippen molar-refractivity contribution in [2.24, 2.45) is 5.41 Å². The molecule has 1 rings (SSSR count). The summed E-state index contributed by atoms with van der Waals surface area (Å²) >= 11 is 1.57. The van der Waals surface area contributed by atoms with Crippen LogP contribution in [0.3, 0.4) is 0 Å². The summed E-state index contributed by atoms with van der Waals surface area (Å²) in [7, 11) is 1.74. The van der Waals surface area contributed by atoms with Gasteiger partial charge in [-0.25, -0.2) is 0 Å². The van der Waals surface area contributed by atoms with E-state index in [1.807, 2.05) is 13.2 Å². The Hall–Kier alpha value is -0.220. The molecule has 0 unspecified atom stereocenters. The molecule has 0 heterocycles. The highest BCUT2D eigenvalue weighted by atomic mass is 32.2. The molecule has 16 heavy (non-hydrogen) atoms. The summed E-state index contributed by atoms with van der Waals surface area (Å²) in [6.45, 7) is 8.33. The Labute approximate surface area is 103 Å². The average molecular weight is 245 g/mol. The van der Waals surface area contributed by atoms with Crippen molar-refractivity contribution in [1.82, 2.24) is 5.32 Å². The van der Waals surface area contributed by atoms with Crippen LogP contribution in [-0.4, -0.2) is 36.2 Å². The molecule has 3 atom stereocenters. The summed E-state index contributed by atoms with van der Waals surface area (Å²) in [6.07, 6.45) is 2.85. The van der Waals surface area contributed by atoms with Crippen molar-refractivity contribution in [3.8, 4) is 0 Å². The number of nitrogens with one attached hydrogen (secondary N) is 1. The van der Waals surface area contributed by atoms with E-state index in [4.69, 9.17) is 4.74 Å². The van der Waals surface area contributed by atoms with Crippen LogP contribution in [0.15, 0.2) is 0 Å². The van der Waals surface area contributed by atoms with Crippen LogP contribution in [0.2, 0.25) is 0 Å². The third kappa shape index (κ3) is 2.09. The van der Waals surface area contributed by atoms with Gasteiger partial charge in [0, 0.05) is 18.6 Å². The molecule has 3 nitrogen and oxygen atoms in total. The van der Waals surface area contributed by atoms with Crippen LogP contribution in [0, 0.1) is 5.41 Å². The van der Waals surface area contributed by atoms with Crippen molar-refractivity contribution in [2.45, 2.75) is 51.0 Å². The number of methoxy groups -OCH3 is 1. The number of rotatable bonds is 4. The predicted octanol–water partition coefficient (Wildman–Crippen LogP) is 2.06. The van der Waals surface area contributed by atoms with Crippen molar-refractivity contribution in [1.29, 1.82) is 0 Å². The Morgan fingerprint density at radius 1 is 1.50 bits per heavy atom. The van der Waals surface area contributed by atoms with E-state index in [0.717, 1.165) is 6.42 Å². The topological polar surface area (TPSA) is 38.3 Å². The molecule has 0 aromatic carbocycles. The van der Waals surface area contributed by atoms with Crippen molar-refractivity contribution in [3.63, 3.8) is 0 Å². The minimum absolute atomic E-state index is 0.00443.